The summed E-state index contributed by atoms with van der Waals surface area (Å²) in [6, 6.07) is 7.86. The van der Waals surface area contributed by atoms with E-state index in [1.165, 1.54) is 0 Å². The molecule has 1 amide bonds. The quantitative estimate of drug-likeness (QED) is 0.734. The minimum absolute atomic E-state index is 0.0746. The van der Waals surface area contributed by atoms with Crippen molar-refractivity contribution in [1.82, 2.24) is 5.32 Å². The van der Waals surface area contributed by atoms with Gasteiger partial charge < -0.3 is 15.2 Å². The number of aryl methyl sites for hydroxylation is 1. The maximum atomic E-state index is 11.9. The Balaban J connectivity index is 1.76. The second-order valence-electron chi connectivity index (χ2n) is 5.79. The van der Waals surface area contributed by atoms with Crippen LogP contribution in [0.2, 0.25) is 0 Å². The average molecular weight is 291 g/mol. The number of ether oxygens (including phenoxy) is 1. The molecule has 2 N–H and O–H groups in total. The highest BCUT2D eigenvalue weighted by atomic mass is 16.5. The molecule has 0 saturated heterocycles. The number of rotatable bonds is 9. The molecule has 1 aromatic rings. The second-order valence-corrected chi connectivity index (χ2v) is 5.79. The van der Waals surface area contributed by atoms with Crippen molar-refractivity contribution in [2.75, 3.05) is 19.8 Å². The van der Waals surface area contributed by atoms with Gasteiger partial charge in [-0.2, -0.15) is 0 Å². The Morgan fingerprint density at radius 1 is 1.38 bits per heavy atom. The summed E-state index contributed by atoms with van der Waals surface area (Å²) < 4.78 is 5.57. The SMILES string of the molecule is CCOc1ccccc1CCC(=O)NCC1(CCO)CC1. The van der Waals surface area contributed by atoms with E-state index in [2.05, 4.69) is 5.32 Å². The number of aliphatic hydroxyl groups excluding tert-OH is 1. The predicted octanol–water partition coefficient (Wildman–Crippen LogP) is 2.30. The van der Waals surface area contributed by atoms with Crippen molar-refractivity contribution in [1.29, 1.82) is 0 Å². The maximum Gasteiger partial charge on any atom is 0.220 e. The topological polar surface area (TPSA) is 58.6 Å². The van der Waals surface area contributed by atoms with Crippen molar-refractivity contribution in [2.45, 2.75) is 39.0 Å². The van der Waals surface area contributed by atoms with E-state index in [1.54, 1.807) is 0 Å². The summed E-state index contributed by atoms with van der Waals surface area (Å²) >= 11 is 0. The molecule has 116 valence electrons. The van der Waals surface area contributed by atoms with E-state index in [-0.39, 0.29) is 17.9 Å². The zero-order chi connectivity index (χ0) is 15.1. The molecule has 0 aromatic heterocycles. The van der Waals surface area contributed by atoms with E-state index in [0.29, 0.717) is 26.0 Å². The lowest BCUT2D eigenvalue weighted by Crippen LogP contribution is -2.30. The summed E-state index contributed by atoms with van der Waals surface area (Å²) in [4.78, 5) is 11.9. The van der Waals surface area contributed by atoms with Gasteiger partial charge >= 0.3 is 0 Å². The number of hydrogen-bond donors (Lipinski definition) is 2. The molecule has 1 aliphatic rings. The number of hydrogen-bond acceptors (Lipinski definition) is 3. The maximum absolute atomic E-state index is 11.9. The lowest BCUT2D eigenvalue weighted by atomic mass is 10.0. The van der Waals surface area contributed by atoms with Crippen LogP contribution in [0.5, 0.6) is 5.75 Å². The van der Waals surface area contributed by atoms with E-state index in [1.807, 2.05) is 31.2 Å². The zero-order valence-corrected chi connectivity index (χ0v) is 12.7. The number of nitrogens with one attached hydrogen (secondary N) is 1. The standard InChI is InChI=1S/C17H25NO3/c1-2-21-15-6-4-3-5-14(15)7-8-16(20)18-13-17(9-10-17)11-12-19/h3-6,19H,2,7-13H2,1H3,(H,18,20). The van der Waals surface area contributed by atoms with E-state index < -0.39 is 0 Å². The van der Waals surface area contributed by atoms with Crippen LogP contribution in [0, 0.1) is 5.41 Å². The molecule has 4 nitrogen and oxygen atoms in total. The molecule has 21 heavy (non-hydrogen) atoms. The molecule has 0 heterocycles. The fourth-order valence-corrected chi connectivity index (χ4v) is 2.56. The minimum Gasteiger partial charge on any atom is -0.494 e. The molecule has 1 aliphatic carbocycles. The van der Waals surface area contributed by atoms with Crippen molar-refractivity contribution in [3.63, 3.8) is 0 Å². The molecule has 4 heteroatoms. The smallest absolute Gasteiger partial charge is 0.220 e. The highest BCUT2D eigenvalue weighted by Gasteiger charge is 2.41. The highest BCUT2D eigenvalue weighted by Crippen LogP contribution is 2.47. The Kier molecular flexibility index (Phi) is 5.62. The highest BCUT2D eigenvalue weighted by molar-refractivity contribution is 5.76. The van der Waals surface area contributed by atoms with Gasteiger partial charge in [0, 0.05) is 19.6 Å². The summed E-state index contributed by atoms with van der Waals surface area (Å²) in [6.45, 7) is 3.49. The molecule has 0 spiro atoms. The van der Waals surface area contributed by atoms with Crippen LogP contribution in [-0.4, -0.2) is 30.8 Å². The minimum atomic E-state index is 0.0746. The van der Waals surface area contributed by atoms with Gasteiger partial charge in [0.1, 0.15) is 5.75 Å². The number of carbonyl (C=O) groups is 1. The fraction of sp³-hybridized carbons (Fsp3) is 0.588. The van der Waals surface area contributed by atoms with Crippen LogP contribution >= 0.6 is 0 Å². The van der Waals surface area contributed by atoms with Gasteiger partial charge in [-0.15, -0.1) is 0 Å². The Bertz CT molecular complexity index is 469. The van der Waals surface area contributed by atoms with Crippen molar-refractivity contribution in [3.05, 3.63) is 29.8 Å². The lowest BCUT2D eigenvalue weighted by molar-refractivity contribution is -0.121. The normalized spacial score (nSPS) is 15.5. The van der Waals surface area contributed by atoms with E-state index in [0.717, 1.165) is 30.6 Å². The second kappa shape index (κ2) is 7.46. The van der Waals surface area contributed by atoms with Crippen LogP contribution in [0.15, 0.2) is 24.3 Å². The predicted molar refractivity (Wildman–Crippen MR) is 82.3 cm³/mol. The number of amides is 1. The average Bonchev–Trinajstić information content (AvgIpc) is 3.25. The largest absolute Gasteiger partial charge is 0.494 e. The molecular formula is C17H25NO3. The molecule has 2 rings (SSSR count). The number of para-hydroxylation sites is 1. The van der Waals surface area contributed by atoms with Crippen molar-refractivity contribution < 1.29 is 14.6 Å². The van der Waals surface area contributed by atoms with Crippen LogP contribution in [0.1, 0.15) is 38.2 Å². The first kappa shape index (κ1) is 15.8. The van der Waals surface area contributed by atoms with E-state index >= 15 is 0 Å². The summed E-state index contributed by atoms with van der Waals surface area (Å²) in [5.74, 6) is 0.942. The van der Waals surface area contributed by atoms with E-state index in [9.17, 15) is 4.79 Å². The van der Waals surface area contributed by atoms with Crippen LogP contribution in [0.3, 0.4) is 0 Å². The Hall–Kier alpha value is -1.55. The third kappa shape index (κ3) is 4.74. The molecule has 1 aromatic carbocycles. The van der Waals surface area contributed by atoms with Crippen molar-refractivity contribution >= 4 is 5.91 Å². The first-order valence-corrected chi connectivity index (χ1v) is 7.77. The molecule has 1 fully saturated rings. The molecule has 0 bridgehead atoms. The van der Waals surface area contributed by atoms with Crippen LogP contribution < -0.4 is 10.1 Å². The zero-order valence-electron chi connectivity index (χ0n) is 12.7. The lowest BCUT2D eigenvalue weighted by Gasteiger charge is -2.15. The van der Waals surface area contributed by atoms with Crippen LogP contribution in [-0.2, 0) is 11.2 Å². The third-order valence-corrected chi connectivity index (χ3v) is 4.15. The van der Waals surface area contributed by atoms with Gasteiger partial charge in [0.25, 0.3) is 0 Å². The monoisotopic (exact) mass is 291 g/mol. The molecule has 1 saturated carbocycles. The van der Waals surface area contributed by atoms with E-state index in [4.69, 9.17) is 9.84 Å². The molecule has 0 radical (unpaired) electrons. The molecular weight excluding hydrogens is 266 g/mol. The van der Waals surface area contributed by atoms with Gasteiger partial charge in [0.2, 0.25) is 5.91 Å². The van der Waals surface area contributed by atoms with Gasteiger partial charge in [0.05, 0.1) is 6.61 Å². The van der Waals surface area contributed by atoms with Crippen molar-refractivity contribution in [2.24, 2.45) is 5.41 Å². The van der Waals surface area contributed by atoms with Gasteiger partial charge in [0.15, 0.2) is 0 Å². The first-order valence-electron chi connectivity index (χ1n) is 7.77. The number of benzene rings is 1. The Morgan fingerprint density at radius 2 is 2.14 bits per heavy atom. The number of carbonyl (C=O) groups excluding carboxylic acids is 1. The molecule has 0 aliphatic heterocycles. The summed E-state index contributed by atoms with van der Waals surface area (Å²) in [5, 5.41) is 12.0. The molecule has 0 unspecified atom stereocenters. The molecule has 0 atom stereocenters. The van der Waals surface area contributed by atoms with Crippen molar-refractivity contribution in [3.8, 4) is 5.75 Å². The van der Waals surface area contributed by atoms with Gasteiger partial charge in [-0.3, -0.25) is 4.79 Å². The van der Waals surface area contributed by atoms with Gasteiger partial charge in [-0.05, 0) is 49.7 Å². The summed E-state index contributed by atoms with van der Waals surface area (Å²) in [5.41, 5.74) is 1.25. The summed E-state index contributed by atoms with van der Waals surface area (Å²) in [6.07, 6.45) is 4.18. The fourth-order valence-electron chi connectivity index (χ4n) is 2.56. The van der Waals surface area contributed by atoms with Gasteiger partial charge in [-0.1, -0.05) is 18.2 Å². The third-order valence-electron chi connectivity index (χ3n) is 4.15. The van der Waals surface area contributed by atoms with Gasteiger partial charge in [-0.25, -0.2) is 0 Å². The van der Waals surface area contributed by atoms with Crippen LogP contribution in [0.25, 0.3) is 0 Å². The van der Waals surface area contributed by atoms with Crippen LogP contribution in [0.4, 0.5) is 0 Å². The summed E-state index contributed by atoms with van der Waals surface area (Å²) in [7, 11) is 0. The first-order chi connectivity index (χ1) is 10.2. The Labute approximate surface area is 126 Å². The Morgan fingerprint density at radius 3 is 2.81 bits per heavy atom. The number of aliphatic hydroxyl groups is 1.